The van der Waals surface area contributed by atoms with Gasteiger partial charge in [-0.1, -0.05) is 5.11 Å². The van der Waals surface area contributed by atoms with E-state index in [-0.39, 0.29) is 0 Å². The van der Waals surface area contributed by atoms with Gasteiger partial charge in [0.25, 0.3) is 0 Å². The molecule has 4 nitrogen and oxygen atoms in total. The summed E-state index contributed by atoms with van der Waals surface area (Å²) < 4.78 is 0. The van der Waals surface area contributed by atoms with E-state index in [1.165, 1.54) is 0 Å². The van der Waals surface area contributed by atoms with Gasteiger partial charge in [-0.15, -0.1) is 0 Å². The maximum atomic E-state index is 9.41. The van der Waals surface area contributed by atoms with Gasteiger partial charge in [0.2, 0.25) is 0 Å². The van der Waals surface area contributed by atoms with E-state index in [0.29, 0.717) is 6.29 Å². The summed E-state index contributed by atoms with van der Waals surface area (Å²) in [5, 5.41) is 2.93. The molecule has 0 saturated carbocycles. The molecule has 0 aliphatic rings. The summed E-state index contributed by atoms with van der Waals surface area (Å²) in [4.78, 5) is 11.8. The Hall–Kier alpha value is -1.28. The van der Waals surface area contributed by atoms with Gasteiger partial charge in [0.1, 0.15) is 6.29 Å². The van der Waals surface area contributed by atoms with Crippen molar-refractivity contribution in [3.05, 3.63) is 22.7 Å². The minimum Gasteiger partial charge on any atom is -0.299 e. The maximum Gasteiger partial charge on any atom is 0.142 e. The maximum absolute atomic E-state index is 9.41. The topological polar surface area (TPSA) is 65.8 Å². The second-order valence-corrected chi connectivity index (χ2v) is 0.683. The fourth-order valence-corrected chi connectivity index (χ4v) is 0.103. The molecule has 0 unspecified atom stereocenters. The van der Waals surface area contributed by atoms with Crippen LogP contribution in [0.25, 0.3) is 10.4 Å². The van der Waals surface area contributed by atoms with Gasteiger partial charge in [0, 0.05) is 11.1 Å². The van der Waals surface area contributed by atoms with Crippen LogP contribution in [-0.2, 0) is 4.79 Å². The molecule has 0 atom stereocenters. The normalized spacial score (nSPS) is 8.00. The van der Waals surface area contributed by atoms with Crippen molar-refractivity contribution in [2.45, 2.75) is 0 Å². The average Bonchev–Trinajstić information content (AvgIpc) is 1.69. The molecule has 36 valence electrons. The van der Waals surface area contributed by atoms with Crippen molar-refractivity contribution >= 4 is 6.29 Å². The molecule has 0 aromatic rings. The van der Waals surface area contributed by atoms with Crippen molar-refractivity contribution in [3.8, 4) is 0 Å². The van der Waals surface area contributed by atoms with Crippen LogP contribution in [0, 0.1) is 0 Å². The summed E-state index contributed by atoms with van der Waals surface area (Å²) in [6, 6.07) is 0. The number of allylic oxidation sites excluding steroid dienone is 1. The van der Waals surface area contributed by atoms with Crippen molar-refractivity contribution in [2.75, 3.05) is 0 Å². The van der Waals surface area contributed by atoms with Crippen LogP contribution in [0.3, 0.4) is 0 Å². The molecule has 0 amide bonds. The highest BCUT2D eigenvalue weighted by Crippen LogP contribution is 1.68. The minimum atomic E-state index is 0.536. The summed E-state index contributed by atoms with van der Waals surface area (Å²) in [7, 11) is 0. The Balaban J connectivity index is 3.47. The Bertz CT molecular complexity index is 122. The van der Waals surface area contributed by atoms with Crippen LogP contribution < -0.4 is 0 Å². The van der Waals surface area contributed by atoms with Gasteiger partial charge in [0.05, 0.1) is 0 Å². The quantitative estimate of drug-likeness (QED) is 0.167. The summed E-state index contributed by atoms with van der Waals surface area (Å²) in [5.74, 6) is 0. The molecular formula is C3H3N3O. The van der Waals surface area contributed by atoms with E-state index < -0.39 is 0 Å². The molecule has 0 heterocycles. The van der Waals surface area contributed by atoms with E-state index in [0.717, 1.165) is 12.3 Å². The first kappa shape index (κ1) is 5.72. The van der Waals surface area contributed by atoms with E-state index >= 15 is 0 Å². The fourth-order valence-electron chi connectivity index (χ4n) is 0.103. The van der Waals surface area contributed by atoms with Gasteiger partial charge < -0.3 is 0 Å². The lowest BCUT2D eigenvalue weighted by molar-refractivity contribution is -0.104. The number of nitrogens with zero attached hydrogens (tertiary/aromatic N) is 3. The summed E-state index contributed by atoms with van der Waals surface area (Å²) >= 11 is 0. The van der Waals surface area contributed by atoms with Gasteiger partial charge >= 0.3 is 0 Å². The van der Waals surface area contributed by atoms with Crippen molar-refractivity contribution in [3.63, 3.8) is 0 Å². The molecule has 4 heteroatoms. The van der Waals surface area contributed by atoms with E-state index in [2.05, 4.69) is 10.0 Å². The molecule has 0 saturated heterocycles. The summed E-state index contributed by atoms with van der Waals surface area (Å²) in [6.07, 6.45) is 2.72. The molecule has 0 aliphatic heterocycles. The fraction of sp³-hybridized carbons (Fsp3) is 0. The van der Waals surface area contributed by atoms with E-state index in [4.69, 9.17) is 5.53 Å². The molecule has 0 fully saturated rings. The lowest BCUT2D eigenvalue weighted by atomic mass is 10.7. The highest BCUT2D eigenvalue weighted by molar-refractivity contribution is 5.64. The first-order valence-corrected chi connectivity index (χ1v) is 1.56. The predicted octanol–water partition coefficient (Wildman–Crippen LogP) is 1.01. The second kappa shape index (κ2) is 4.72. The highest BCUT2D eigenvalue weighted by Gasteiger charge is 1.55. The van der Waals surface area contributed by atoms with Crippen molar-refractivity contribution in [1.82, 2.24) is 0 Å². The third-order valence-corrected chi connectivity index (χ3v) is 0.283. The lowest BCUT2D eigenvalue weighted by Gasteiger charge is -1.56. The van der Waals surface area contributed by atoms with E-state index in [1.54, 1.807) is 0 Å². The lowest BCUT2D eigenvalue weighted by Crippen LogP contribution is -1.52. The van der Waals surface area contributed by atoms with Gasteiger partial charge in [-0.3, -0.25) is 4.79 Å². The van der Waals surface area contributed by atoms with E-state index in [1.807, 2.05) is 0 Å². The van der Waals surface area contributed by atoms with Crippen LogP contribution in [0.5, 0.6) is 0 Å². The molecule has 0 N–H and O–H groups in total. The highest BCUT2D eigenvalue weighted by atomic mass is 16.1. The first-order valence-electron chi connectivity index (χ1n) is 1.56. The zero-order valence-electron chi connectivity index (χ0n) is 3.48. The van der Waals surface area contributed by atoms with Crippen LogP contribution in [-0.4, -0.2) is 6.29 Å². The number of carbonyl (C=O) groups is 1. The molecule has 7 heavy (non-hydrogen) atoms. The second-order valence-electron chi connectivity index (χ2n) is 0.683. The van der Waals surface area contributed by atoms with Crippen LogP contribution in [0.4, 0.5) is 0 Å². The Kier molecular flexibility index (Phi) is 3.86. The molecular weight excluding hydrogens is 94.1 g/mol. The molecule has 0 aromatic heterocycles. The number of rotatable bonds is 2. The Morgan fingerprint density at radius 1 is 1.71 bits per heavy atom. The molecule has 0 bridgehead atoms. The molecule has 0 aromatic carbocycles. The largest absolute Gasteiger partial charge is 0.299 e. The number of carbonyl (C=O) groups excluding carboxylic acids is 1. The number of hydrogen-bond acceptors (Lipinski definition) is 2. The zero-order valence-corrected chi connectivity index (χ0v) is 3.48. The van der Waals surface area contributed by atoms with Gasteiger partial charge in [-0.05, 0) is 11.6 Å². The van der Waals surface area contributed by atoms with Crippen molar-refractivity contribution in [2.24, 2.45) is 5.11 Å². The number of aldehydes is 1. The van der Waals surface area contributed by atoms with E-state index in [9.17, 15) is 4.79 Å². The Morgan fingerprint density at radius 2 is 2.43 bits per heavy atom. The van der Waals surface area contributed by atoms with Crippen LogP contribution in [0.15, 0.2) is 17.4 Å². The SMILES string of the molecule is [N-]=[N+]=N/C=C/C=O. The molecule has 0 rings (SSSR count). The van der Waals surface area contributed by atoms with Gasteiger partial charge in [-0.2, -0.15) is 0 Å². The van der Waals surface area contributed by atoms with Crippen molar-refractivity contribution in [1.29, 1.82) is 0 Å². The third-order valence-electron chi connectivity index (χ3n) is 0.283. The molecule has 0 radical (unpaired) electrons. The van der Waals surface area contributed by atoms with Gasteiger partial charge in [0.15, 0.2) is 0 Å². The zero-order chi connectivity index (χ0) is 5.54. The number of azide groups is 1. The first-order chi connectivity index (χ1) is 3.41. The molecule has 0 spiro atoms. The molecule has 0 aliphatic carbocycles. The van der Waals surface area contributed by atoms with Crippen LogP contribution in [0.1, 0.15) is 0 Å². The summed E-state index contributed by atoms with van der Waals surface area (Å²) in [5.41, 5.74) is 7.58. The Morgan fingerprint density at radius 3 is 2.86 bits per heavy atom. The number of hydrogen-bond donors (Lipinski definition) is 0. The Labute approximate surface area is 40.1 Å². The monoisotopic (exact) mass is 97.0 g/mol. The van der Waals surface area contributed by atoms with Crippen molar-refractivity contribution < 1.29 is 4.79 Å². The predicted molar refractivity (Wildman–Crippen MR) is 24.3 cm³/mol. The smallest absolute Gasteiger partial charge is 0.142 e. The average molecular weight is 97.1 g/mol. The minimum absolute atomic E-state index is 0.536. The third kappa shape index (κ3) is 4.72. The van der Waals surface area contributed by atoms with Crippen LogP contribution >= 0.6 is 0 Å². The van der Waals surface area contributed by atoms with Crippen LogP contribution in [0.2, 0.25) is 0 Å². The van der Waals surface area contributed by atoms with Gasteiger partial charge in [-0.25, -0.2) is 0 Å². The summed E-state index contributed by atoms with van der Waals surface area (Å²) in [6.45, 7) is 0. The standard InChI is InChI=1S/C3H3N3O/c4-6-5-2-1-3-7/h1-3H/b2-1+.